The largest absolute Gasteiger partial charge is 0.389 e. The van der Waals surface area contributed by atoms with Crippen LogP contribution in [0.2, 0.25) is 10.0 Å². The maximum atomic E-state index is 14.9. The molecule has 0 amide bonds. The van der Waals surface area contributed by atoms with Crippen LogP contribution in [0.3, 0.4) is 0 Å². The van der Waals surface area contributed by atoms with Crippen molar-refractivity contribution in [1.29, 1.82) is 0 Å². The molecule has 6 aromatic heterocycles. The van der Waals surface area contributed by atoms with E-state index in [0.29, 0.717) is 70.8 Å². The molecule has 4 atom stereocenters. The lowest BCUT2D eigenvalue weighted by molar-refractivity contribution is 0.0322. The number of piperidine rings is 2. The molecular formula is C47H54Cl2F2N12O6S. The molecular weight excluding hydrogens is 970 g/mol. The van der Waals surface area contributed by atoms with Gasteiger partial charge in [0.2, 0.25) is 0 Å². The molecule has 2 aliphatic heterocycles. The van der Waals surface area contributed by atoms with Gasteiger partial charge in [0.05, 0.1) is 52.8 Å². The van der Waals surface area contributed by atoms with E-state index >= 15 is 0 Å². The Bertz CT molecular complexity index is 3020. The summed E-state index contributed by atoms with van der Waals surface area (Å²) >= 11 is 12.3. The number of hydrogen-bond acceptors (Lipinski definition) is 16. The van der Waals surface area contributed by atoms with Crippen LogP contribution in [-0.2, 0) is 19.5 Å². The zero-order valence-electron chi connectivity index (χ0n) is 38.7. The minimum atomic E-state index is -4.01. The van der Waals surface area contributed by atoms with E-state index in [-0.39, 0.29) is 46.7 Å². The number of β-amino-alcohol motifs (C(OH)–C–C–N with tert-alkyl or cyclic N) is 2. The van der Waals surface area contributed by atoms with Gasteiger partial charge in [-0.25, -0.2) is 51.1 Å². The summed E-state index contributed by atoms with van der Waals surface area (Å²) < 4.78 is 67.6. The minimum Gasteiger partial charge on any atom is -0.389 e. The Hall–Kier alpha value is -5.49. The lowest BCUT2D eigenvalue weighted by Gasteiger charge is -2.34. The summed E-state index contributed by atoms with van der Waals surface area (Å²) in [5, 5.41) is 28.5. The Morgan fingerprint density at radius 3 is 1.86 bits per heavy atom. The fourth-order valence-corrected chi connectivity index (χ4v) is 10.4. The first-order valence-corrected chi connectivity index (χ1v) is 24.9. The fraction of sp³-hybridized carbons (Fsp3) is 0.404. The van der Waals surface area contributed by atoms with Gasteiger partial charge in [-0.3, -0.25) is 9.80 Å². The van der Waals surface area contributed by atoms with Gasteiger partial charge in [0.15, 0.2) is 40.6 Å². The Labute approximate surface area is 413 Å². The zero-order chi connectivity index (χ0) is 49.5. The van der Waals surface area contributed by atoms with Crippen LogP contribution in [0.25, 0.3) is 44.8 Å². The number of aliphatic hydroxyl groups excluding tert-OH is 2. The molecule has 5 N–H and O–H groups in total. The van der Waals surface area contributed by atoms with E-state index in [1.807, 2.05) is 6.92 Å². The average Bonchev–Trinajstić information content (AvgIpc) is 3.93. The standard InChI is InChI=1S/C27H30ClFN6O4S.C20H24ClFN6O2/c1-17-5-7-21(8-6-17)40(37,38)35-15-23(22-10-18(28)11-31-27(22)35)25-30-12-24(29)26(33-25)32-19-4-3-9-34(13-19)14-20(36)16-39-2;1-30-11-14(29)10-28-4-2-3-13(9-28)26-20-17(22)8-25-19(27-20)16-7-24-18-15(16)5-12(21)6-23-18/h5-8,10-12,15,19-20,36H,3-4,9,13-14,16H2,1-2H3,(H,30,32,33);5-8,13-14,29H,2-4,9-11H2,1H3,(H,23,24)(H,25,26,27). The van der Waals surface area contributed by atoms with Crippen LogP contribution in [0.4, 0.5) is 20.4 Å². The van der Waals surface area contributed by atoms with Crippen LogP contribution in [0.5, 0.6) is 0 Å². The van der Waals surface area contributed by atoms with Crippen molar-refractivity contribution in [3.8, 4) is 22.8 Å². The average molecular weight is 1020 g/mol. The number of aryl methyl sites for hydroxylation is 1. The van der Waals surface area contributed by atoms with Crippen LogP contribution in [0.1, 0.15) is 31.2 Å². The number of nitrogens with zero attached hydrogens (tertiary/aromatic N) is 9. The number of benzene rings is 1. The first kappa shape index (κ1) is 50.9. The van der Waals surface area contributed by atoms with Gasteiger partial charge in [-0.05, 0) is 70.0 Å². The number of fused-ring (bicyclic) bond motifs is 2. The van der Waals surface area contributed by atoms with Crippen molar-refractivity contribution in [1.82, 2.24) is 48.7 Å². The normalized spacial score (nSPS) is 17.8. The summed E-state index contributed by atoms with van der Waals surface area (Å²) in [5.74, 6) is -0.463. The third kappa shape index (κ3) is 12.2. The first-order chi connectivity index (χ1) is 33.7. The Morgan fingerprint density at radius 1 is 0.771 bits per heavy atom. The summed E-state index contributed by atoms with van der Waals surface area (Å²) in [6.07, 6.45) is 10.6. The third-order valence-electron chi connectivity index (χ3n) is 12.0. The van der Waals surface area contributed by atoms with E-state index in [1.54, 1.807) is 50.9 Å². The molecule has 70 heavy (non-hydrogen) atoms. The van der Waals surface area contributed by atoms with Crippen LogP contribution in [0, 0.1) is 18.6 Å². The van der Waals surface area contributed by atoms with Crippen molar-refractivity contribution in [2.45, 2.75) is 61.8 Å². The quantitative estimate of drug-likeness (QED) is 0.0706. The van der Waals surface area contributed by atoms with Crippen LogP contribution in [-0.4, -0.2) is 158 Å². The van der Waals surface area contributed by atoms with Gasteiger partial charge in [-0.15, -0.1) is 0 Å². The minimum absolute atomic E-state index is 0.00608. The number of likely N-dealkylation sites (tertiary alicyclic amines) is 2. The Morgan fingerprint density at radius 2 is 1.30 bits per heavy atom. The van der Waals surface area contributed by atoms with Gasteiger partial charge in [-0.1, -0.05) is 40.9 Å². The fourth-order valence-electron chi connectivity index (χ4n) is 8.75. The van der Waals surface area contributed by atoms with E-state index in [9.17, 15) is 27.4 Å². The molecule has 0 bridgehead atoms. The number of aliphatic hydroxyl groups is 2. The zero-order valence-corrected chi connectivity index (χ0v) is 41.0. The maximum absolute atomic E-state index is 14.9. The Balaban J connectivity index is 0.000000196. The highest BCUT2D eigenvalue weighted by molar-refractivity contribution is 7.90. The number of rotatable bonds is 16. The molecule has 0 spiro atoms. The highest BCUT2D eigenvalue weighted by Gasteiger charge is 2.28. The van der Waals surface area contributed by atoms with Crippen LogP contribution < -0.4 is 10.6 Å². The second-order valence-corrected chi connectivity index (χ2v) is 20.1. The smallest absolute Gasteiger partial charge is 0.269 e. The van der Waals surface area contributed by atoms with Crippen molar-refractivity contribution in [3.05, 3.63) is 101 Å². The monoisotopic (exact) mass is 1020 g/mol. The van der Waals surface area contributed by atoms with Gasteiger partial charge in [0.25, 0.3) is 10.0 Å². The molecule has 2 aliphatic rings. The second kappa shape index (κ2) is 22.7. The van der Waals surface area contributed by atoms with Crippen molar-refractivity contribution in [2.75, 3.05) is 77.3 Å². The maximum Gasteiger partial charge on any atom is 0.269 e. The number of hydrogen-bond donors (Lipinski definition) is 5. The third-order valence-corrected chi connectivity index (χ3v) is 14.1. The number of nitrogens with one attached hydrogen (secondary N) is 3. The molecule has 2 saturated heterocycles. The number of methoxy groups -OCH3 is 2. The Kier molecular flexibility index (Phi) is 16.5. The summed E-state index contributed by atoms with van der Waals surface area (Å²) in [6, 6.07) is 9.77. The van der Waals surface area contributed by atoms with Gasteiger partial charge < -0.3 is 35.3 Å². The number of anilines is 2. The molecule has 9 rings (SSSR count). The molecule has 7 aromatic rings. The molecule has 23 heteroatoms. The van der Waals surface area contributed by atoms with Gasteiger partial charge in [-0.2, -0.15) is 0 Å². The lowest BCUT2D eigenvalue weighted by Crippen LogP contribution is -2.46. The number of halogens is 4. The molecule has 2 fully saturated rings. The highest BCUT2D eigenvalue weighted by atomic mass is 35.5. The van der Waals surface area contributed by atoms with E-state index in [4.69, 9.17) is 32.7 Å². The number of aromatic amines is 1. The van der Waals surface area contributed by atoms with Crippen molar-refractivity contribution >= 4 is 66.9 Å². The van der Waals surface area contributed by atoms with Crippen molar-refractivity contribution in [3.63, 3.8) is 0 Å². The molecule has 0 saturated carbocycles. The summed E-state index contributed by atoms with van der Waals surface area (Å²) in [5.41, 5.74) is 2.79. The molecule has 0 radical (unpaired) electrons. The summed E-state index contributed by atoms with van der Waals surface area (Å²) in [6.45, 7) is 6.36. The molecule has 4 unspecified atom stereocenters. The number of H-pyrrole nitrogens is 1. The lowest BCUT2D eigenvalue weighted by atomic mass is 10.1. The topological polar surface area (TPSA) is 222 Å². The number of aromatic nitrogens is 8. The van der Waals surface area contributed by atoms with E-state index < -0.39 is 33.9 Å². The van der Waals surface area contributed by atoms with Crippen LogP contribution >= 0.6 is 23.2 Å². The second-order valence-electron chi connectivity index (χ2n) is 17.4. The summed E-state index contributed by atoms with van der Waals surface area (Å²) in [7, 11) is -0.906. The van der Waals surface area contributed by atoms with Gasteiger partial charge in [0, 0.05) is 99.2 Å². The first-order valence-electron chi connectivity index (χ1n) is 22.7. The number of pyridine rings is 2. The van der Waals surface area contributed by atoms with Gasteiger partial charge >= 0.3 is 0 Å². The highest BCUT2D eigenvalue weighted by Crippen LogP contribution is 2.34. The van der Waals surface area contributed by atoms with E-state index in [1.165, 1.54) is 30.7 Å². The predicted octanol–water partition coefficient (Wildman–Crippen LogP) is 6.41. The van der Waals surface area contributed by atoms with E-state index in [0.717, 1.165) is 59.9 Å². The van der Waals surface area contributed by atoms with Gasteiger partial charge in [0.1, 0.15) is 5.65 Å². The molecule has 8 heterocycles. The molecule has 18 nitrogen and oxygen atoms in total. The summed E-state index contributed by atoms with van der Waals surface area (Å²) in [4.78, 5) is 33.1. The van der Waals surface area contributed by atoms with Crippen molar-refractivity contribution in [2.24, 2.45) is 0 Å². The van der Waals surface area contributed by atoms with E-state index in [2.05, 4.69) is 55.3 Å². The molecule has 372 valence electrons. The SMILES string of the molecule is COCC(O)CN1CCCC(Nc2nc(-c3c[nH]c4ncc(Cl)cc34)ncc2F)C1.COCC(O)CN1CCCC(Nc2nc(-c3cn(S(=O)(=O)c4ccc(C)cc4)c4ncc(Cl)cc34)ncc2F)C1. The molecule has 1 aromatic carbocycles. The molecule has 0 aliphatic carbocycles. The number of ether oxygens (including phenoxy) is 2. The van der Waals surface area contributed by atoms with Crippen molar-refractivity contribution < 1.29 is 36.9 Å². The predicted molar refractivity (Wildman–Crippen MR) is 264 cm³/mol. The van der Waals surface area contributed by atoms with Crippen LogP contribution in [0.15, 0.2) is 78.5 Å².